The molecule has 2 aromatic rings. The number of carbonyl (C=O) groups is 1. The van der Waals surface area contributed by atoms with E-state index in [1.54, 1.807) is 7.11 Å². The van der Waals surface area contributed by atoms with Crippen LogP contribution in [-0.2, 0) is 9.53 Å². The zero-order valence-corrected chi connectivity index (χ0v) is 15.3. The molecule has 1 heterocycles. The van der Waals surface area contributed by atoms with E-state index in [0.717, 1.165) is 16.8 Å². The van der Waals surface area contributed by atoms with Crippen molar-refractivity contribution < 1.29 is 14.3 Å². The maximum absolute atomic E-state index is 12.4. The van der Waals surface area contributed by atoms with Crippen molar-refractivity contribution in [2.75, 3.05) is 7.11 Å². The average molecular weight is 336 g/mol. The second-order valence-corrected chi connectivity index (χ2v) is 7.87. The summed E-state index contributed by atoms with van der Waals surface area (Å²) in [5.41, 5.74) is 1.24. The molecule has 1 aromatic heterocycles. The number of nitrogens with one attached hydrogen (secondary N) is 1. The van der Waals surface area contributed by atoms with E-state index in [0.29, 0.717) is 5.16 Å². The number of hydrogen-bond acceptors (Lipinski definition) is 5. The number of imidazole rings is 1. The fourth-order valence-corrected chi connectivity index (χ4v) is 3.06. The highest BCUT2D eigenvalue weighted by molar-refractivity contribution is 8.00. The van der Waals surface area contributed by atoms with Crippen LogP contribution in [0.1, 0.15) is 34.6 Å². The second-order valence-electron chi connectivity index (χ2n) is 6.74. The molecule has 0 aliphatic rings. The summed E-state index contributed by atoms with van der Waals surface area (Å²) in [5, 5.41) is 0.398. The molecular weight excluding hydrogens is 312 g/mol. The molecular formula is C17H24N2O3S. The van der Waals surface area contributed by atoms with E-state index in [4.69, 9.17) is 9.47 Å². The zero-order chi connectivity index (χ0) is 17.2. The van der Waals surface area contributed by atoms with Crippen LogP contribution < -0.4 is 4.74 Å². The van der Waals surface area contributed by atoms with E-state index < -0.39 is 5.60 Å². The predicted molar refractivity (Wildman–Crippen MR) is 93.0 cm³/mol. The van der Waals surface area contributed by atoms with Crippen molar-refractivity contribution in [1.29, 1.82) is 0 Å². The van der Waals surface area contributed by atoms with E-state index in [9.17, 15) is 4.79 Å². The first-order valence-corrected chi connectivity index (χ1v) is 8.51. The molecule has 0 saturated carbocycles. The number of fused-ring (bicyclic) bond motifs is 1. The number of H-pyrrole nitrogens is 1. The topological polar surface area (TPSA) is 64.2 Å². The first-order valence-electron chi connectivity index (χ1n) is 7.63. The normalized spacial score (nSPS) is 13.3. The Morgan fingerprint density at radius 1 is 1.30 bits per heavy atom. The second kappa shape index (κ2) is 6.83. The lowest BCUT2D eigenvalue weighted by Gasteiger charge is -2.25. The van der Waals surface area contributed by atoms with E-state index in [1.807, 2.05) is 52.8 Å². The fraction of sp³-hybridized carbons (Fsp3) is 0.529. The molecule has 1 aromatic carbocycles. The van der Waals surface area contributed by atoms with Gasteiger partial charge in [0.25, 0.3) is 0 Å². The Labute approximate surface area is 141 Å². The van der Waals surface area contributed by atoms with Crippen LogP contribution in [0.2, 0.25) is 0 Å². The Balaban J connectivity index is 2.21. The fourth-order valence-electron chi connectivity index (χ4n) is 2.08. The summed E-state index contributed by atoms with van der Waals surface area (Å²) in [5.74, 6) is 0.693. The highest BCUT2D eigenvalue weighted by atomic mass is 32.2. The molecule has 1 atom stereocenters. The summed E-state index contributed by atoms with van der Waals surface area (Å²) in [7, 11) is 1.63. The molecule has 0 fully saturated rings. The average Bonchev–Trinajstić information content (AvgIpc) is 2.83. The third-order valence-electron chi connectivity index (χ3n) is 3.15. The van der Waals surface area contributed by atoms with E-state index in [1.165, 1.54) is 11.8 Å². The third-order valence-corrected chi connectivity index (χ3v) is 4.56. The van der Waals surface area contributed by atoms with E-state index >= 15 is 0 Å². The number of aromatic amines is 1. The van der Waals surface area contributed by atoms with Crippen LogP contribution in [0.15, 0.2) is 23.4 Å². The van der Waals surface area contributed by atoms with Crippen LogP contribution in [0.5, 0.6) is 5.75 Å². The molecule has 2 rings (SSSR count). The first kappa shape index (κ1) is 17.7. The van der Waals surface area contributed by atoms with Gasteiger partial charge < -0.3 is 14.5 Å². The minimum atomic E-state index is -0.494. The molecule has 0 bridgehead atoms. The molecule has 23 heavy (non-hydrogen) atoms. The number of esters is 1. The number of hydrogen-bond donors (Lipinski definition) is 1. The molecule has 1 unspecified atom stereocenters. The molecule has 0 aliphatic carbocycles. The summed E-state index contributed by atoms with van der Waals surface area (Å²) in [6.45, 7) is 9.64. The van der Waals surface area contributed by atoms with Gasteiger partial charge in [-0.2, -0.15) is 0 Å². The van der Waals surface area contributed by atoms with Crippen molar-refractivity contribution in [2.45, 2.75) is 50.6 Å². The number of thioether (sulfide) groups is 1. The Morgan fingerprint density at radius 3 is 2.57 bits per heavy atom. The van der Waals surface area contributed by atoms with Gasteiger partial charge in [0.15, 0.2) is 5.16 Å². The number of carbonyl (C=O) groups excluding carboxylic acids is 1. The highest BCUT2D eigenvalue weighted by Crippen LogP contribution is 2.30. The number of benzene rings is 1. The van der Waals surface area contributed by atoms with Crippen LogP contribution in [0, 0.1) is 5.92 Å². The van der Waals surface area contributed by atoms with Gasteiger partial charge in [0, 0.05) is 6.07 Å². The van der Waals surface area contributed by atoms with Crippen molar-refractivity contribution in [3.05, 3.63) is 18.2 Å². The van der Waals surface area contributed by atoms with Gasteiger partial charge in [-0.05, 0) is 38.8 Å². The maximum atomic E-state index is 12.4. The first-order chi connectivity index (χ1) is 10.7. The van der Waals surface area contributed by atoms with Gasteiger partial charge in [-0.15, -0.1) is 0 Å². The van der Waals surface area contributed by atoms with Gasteiger partial charge >= 0.3 is 5.97 Å². The number of methoxy groups -OCH3 is 1. The number of ether oxygens (including phenoxy) is 2. The van der Waals surface area contributed by atoms with E-state index in [2.05, 4.69) is 9.97 Å². The van der Waals surface area contributed by atoms with Gasteiger partial charge in [-0.25, -0.2) is 4.98 Å². The van der Waals surface area contributed by atoms with Crippen LogP contribution in [-0.4, -0.2) is 33.9 Å². The van der Waals surface area contributed by atoms with Gasteiger partial charge in [-0.3, -0.25) is 4.79 Å². The molecule has 5 nitrogen and oxygen atoms in total. The predicted octanol–water partition coefficient (Wildman–Crippen LogP) is 4.03. The Morgan fingerprint density at radius 2 is 2.00 bits per heavy atom. The molecule has 0 spiro atoms. The number of aromatic nitrogens is 2. The maximum Gasteiger partial charge on any atom is 0.320 e. The van der Waals surface area contributed by atoms with Crippen molar-refractivity contribution in [1.82, 2.24) is 9.97 Å². The summed E-state index contributed by atoms with van der Waals surface area (Å²) in [4.78, 5) is 20.2. The molecule has 1 N–H and O–H groups in total. The van der Waals surface area contributed by atoms with E-state index in [-0.39, 0.29) is 17.1 Å². The summed E-state index contributed by atoms with van der Waals surface area (Å²) in [6.07, 6.45) is 0. The smallest absolute Gasteiger partial charge is 0.320 e. The molecule has 6 heteroatoms. The van der Waals surface area contributed by atoms with Gasteiger partial charge in [0.1, 0.15) is 16.6 Å². The zero-order valence-electron chi connectivity index (χ0n) is 14.5. The lowest BCUT2D eigenvalue weighted by molar-refractivity contribution is -0.154. The Kier molecular flexibility index (Phi) is 5.24. The quantitative estimate of drug-likeness (QED) is 0.660. The standard InChI is InChI=1S/C17H24N2O3S/c1-10(2)14(15(20)22-17(3,4)5)23-16-18-12-8-7-11(21-6)9-13(12)19-16/h7-10,14H,1-6H3,(H,18,19). The van der Waals surface area contributed by atoms with Gasteiger partial charge in [0.2, 0.25) is 0 Å². The van der Waals surface area contributed by atoms with Gasteiger partial charge in [-0.1, -0.05) is 25.6 Å². The largest absolute Gasteiger partial charge is 0.497 e. The van der Waals surface area contributed by atoms with Crippen molar-refractivity contribution >= 4 is 28.8 Å². The molecule has 0 amide bonds. The lowest BCUT2D eigenvalue weighted by Crippen LogP contribution is -2.33. The third kappa shape index (κ3) is 4.64. The van der Waals surface area contributed by atoms with Crippen molar-refractivity contribution in [2.24, 2.45) is 5.92 Å². The van der Waals surface area contributed by atoms with Crippen molar-refractivity contribution in [3.8, 4) is 5.75 Å². The van der Waals surface area contributed by atoms with Crippen LogP contribution in [0.25, 0.3) is 11.0 Å². The Hall–Kier alpha value is -1.69. The summed E-state index contributed by atoms with van der Waals surface area (Å²) >= 11 is 1.40. The van der Waals surface area contributed by atoms with Gasteiger partial charge in [0.05, 0.1) is 18.1 Å². The summed E-state index contributed by atoms with van der Waals surface area (Å²) < 4.78 is 10.7. The Bertz CT molecular complexity index is 689. The number of nitrogens with zero attached hydrogens (tertiary/aromatic N) is 1. The van der Waals surface area contributed by atoms with Crippen LogP contribution in [0.3, 0.4) is 0 Å². The molecule has 0 radical (unpaired) electrons. The van der Waals surface area contributed by atoms with Crippen LogP contribution in [0.4, 0.5) is 0 Å². The van der Waals surface area contributed by atoms with Crippen molar-refractivity contribution in [3.63, 3.8) is 0 Å². The molecule has 0 saturated heterocycles. The highest BCUT2D eigenvalue weighted by Gasteiger charge is 2.29. The summed E-state index contributed by atoms with van der Waals surface area (Å²) in [6, 6.07) is 5.66. The SMILES string of the molecule is COc1ccc2nc(SC(C(=O)OC(C)(C)C)C(C)C)[nH]c2c1. The number of rotatable bonds is 5. The van der Waals surface area contributed by atoms with Crippen LogP contribution >= 0.6 is 11.8 Å². The minimum absolute atomic E-state index is 0.137. The lowest BCUT2D eigenvalue weighted by atomic mass is 10.1. The molecule has 126 valence electrons. The monoisotopic (exact) mass is 336 g/mol. The molecule has 0 aliphatic heterocycles. The minimum Gasteiger partial charge on any atom is -0.497 e.